The Morgan fingerprint density at radius 1 is 1.10 bits per heavy atom. The van der Waals surface area contributed by atoms with Crippen molar-refractivity contribution in [2.24, 2.45) is 0 Å². The van der Waals surface area contributed by atoms with Crippen LogP contribution in [0, 0.1) is 6.92 Å². The van der Waals surface area contributed by atoms with Crippen molar-refractivity contribution in [1.82, 2.24) is 15.1 Å². The Kier molecular flexibility index (Phi) is 6.22. The predicted octanol–water partition coefficient (Wildman–Crippen LogP) is 2.67. The highest BCUT2D eigenvalue weighted by atomic mass is 15.3. The van der Waals surface area contributed by atoms with Crippen molar-refractivity contribution in [3.05, 3.63) is 35.4 Å². The minimum Gasteiger partial charge on any atom is -0.312 e. The summed E-state index contributed by atoms with van der Waals surface area (Å²) < 4.78 is 0. The number of nitrogens with one attached hydrogen (secondary N) is 1. The first-order chi connectivity index (χ1) is 10.1. The van der Waals surface area contributed by atoms with Gasteiger partial charge in [0.1, 0.15) is 0 Å². The Balaban J connectivity index is 1.87. The lowest BCUT2D eigenvalue weighted by Crippen LogP contribution is -2.50. The molecule has 2 unspecified atom stereocenters. The molecule has 0 amide bonds. The fraction of sp³-hybridized carbons (Fsp3) is 0.667. The summed E-state index contributed by atoms with van der Waals surface area (Å²) in [7, 11) is 2.07. The number of benzene rings is 1. The highest BCUT2D eigenvalue weighted by Crippen LogP contribution is 2.17. The van der Waals surface area contributed by atoms with Crippen molar-refractivity contribution in [3.8, 4) is 0 Å². The van der Waals surface area contributed by atoms with Crippen LogP contribution in [0.15, 0.2) is 24.3 Å². The maximum absolute atomic E-state index is 3.47. The van der Waals surface area contributed by atoms with Crippen LogP contribution in [0.25, 0.3) is 0 Å². The molecular formula is C18H31N3. The van der Waals surface area contributed by atoms with Gasteiger partial charge in [-0.3, -0.25) is 9.80 Å². The summed E-state index contributed by atoms with van der Waals surface area (Å²) in [4.78, 5) is 5.22. The van der Waals surface area contributed by atoms with Crippen LogP contribution in [-0.4, -0.2) is 55.6 Å². The van der Waals surface area contributed by atoms with Crippen molar-refractivity contribution >= 4 is 0 Å². The third-order valence-electron chi connectivity index (χ3n) is 4.89. The van der Waals surface area contributed by atoms with E-state index in [1.54, 1.807) is 0 Å². The molecule has 1 N–H and O–H groups in total. The van der Waals surface area contributed by atoms with Crippen molar-refractivity contribution in [2.75, 3.05) is 39.8 Å². The molecule has 1 saturated heterocycles. The first-order valence-corrected chi connectivity index (χ1v) is 8.34. The Morgan fingerprint density at radius 2 is 1.71 bits per heavy atom. The average molecular weight is 289 g/mol. The smallest absolute Gasteiger partial charge is 0.0446 e. The van der Waals surface area contributed by atoms with Gasteiger partial charge in [-0.15, -0.1) is 0 Å². The molecule has 0 saturated carbocycles. The van der Waals surface area contributed by atoms with Gasteiger partial charge in [0.2, 0.25) is 0 Å². The fourth-order valence-electron chi connectivity index (χ4n) is 3.07. The standard InChI is InChI=1S/C18H31N3/c1-5-16(3)21-12-10-20(11-13-21)14-18(19-4)17-8-6-15(2)7-9-17/h6-9,16,18-19H,5,10-14H2,1-4H3. The number of nitrogens with zero attached hydrogens (tertiary/aromatic N) is 2. The van der Waals surface area contributed by atoms with Gasteiger partial charge in [-0.2, -0.15) is 0 Å². The Labute approximate surface area is 130 Å². The Morgan fingerprint density at radius 3 is 2.24 bits per heavy atom. The normalized spacial score (nSPS) is 20.4. The second-order valence-corrected chi connectivity index (χ2v) is 6.35. The van der Waals surface area contributed by atoms with Gasteiger partial charge in [0.25, 0.3) is 0 Å². The number of hydrogen-bond acceptors (Lipinski definition) is 3. The van der Waals surface area contributed by atoms with E-state index < -0.39 is 0 Å². The highest BCUT2D eigenvalue weighted by Gasteiger charge is 2.22. The van der Waals surface area contributed by atoms with Gasteiger partial charge in [-0.25, -0.2) is 0 Å². The van der Waals surface area contributed by atoms with Gasteiger partial charge in [0.15, 0.2) is 0 Å². The Hall–Kier alpha value is -0.900. The van der Waals surface area contributed by atoms with Gasteiger partial charge >= 0.3 is 0 Å². The van der Waals surface area contributed by atoms with E-state index in [9.17, 15) is 0 Å². The molecule has 1 fully saturated rings. The molecule has 0 spiro atoms. The van der Waals surface area contributed by atoms with Gasteiger partial charge in [0, 0.05) is 44.8 Å². The zero-order valence-corrected chi connectivity index (χ0v) is 14.1. The molecule has 118 valence electrons. The summed E-state index contributed by atoms with van der Waals surface area (Å²) in [5.74, 6) is 0. The molecular weight excluding hydrogens is 258 g/mol. The van der Waals surface area contributed by atoms with Gasteiger partial charge in [0.05, 0.1) is 0 Å². The topological polar surface area (TPSA) is 18.5 Å². The molecule has 3 nitrogen and oxygen atoms in total. The minimum absolute atomic E-state index is 0.431. The van der Waals surface area contributed by atoms with Gasteiger partial charge < -0.3 is 5.32 Å². The summed E-state index contributed by atoms with van der Waals surface area (Å²) in [6.45, 7) is 12.7. The third kappa shape index (κ3) is 4.53. The first kappa shape index (κ1) is 16.5. The highest BCUT2D eigenvalue weighted by molar-refractivity contribution is 5.24. The molecule has 1 aromatic rings. The number of piperazine rings is 1. The lowest BCUT2D eigenvalue weighted by atomic mass is 10.0. The zero-order valence-electron chi connectivity index (χ0n) is 14.1. The van der Waals surface area contributed by atoms with E-state index >= 15 is 0 Å². The number of hydrogen-bond donors (Lipinski definition) is 1. The third-order valence-corrected chi connectivity index (χ3v) is 4.89. The van der Waals surface area contributed by atoms with Crippen LogP contribution in [0.2, 0.25) is 0 Å². The molecule has 1 aliphatic heterocycles. The molecule has 0 aliphatic carbocycles. The zero-order chi connectivity index (χ0) is 15.2. The minimum atomic E-state index is 0.431. The van der Waals surface area contributed by atoms with Crippen LogP contribution in [0.5, 0.6) is 0 Å². The summed E-state index contributed by atoms with van der Waals surface area (Å²) in [6.07, 6.45) is 1.25. The lowest BCUT2D eigenvalue weighted by molar-refractivity contribution is 0.0945. The molecule has 0 radical (unpaired) electrons. The monoisotopic (exact) mass is 289 g/mol. The molecule has 3 heteroatoms. The Bertz CT molecular complexity index is 407. The lowest BCUT2D eigenvalue weighted by Gasteiger charge is -2.39. The van der Waals surface area contributed by atoms with E-state index in [2.05, 4.69) is 67.2 Å². The van der Waals surface area contributed by atoms with Crippen LogP contribution >= 0.6 is 0 Å². The maximum Gasteiger partial charge on any atom is 0.0446 e. The molecule has 1 heterocycles. The maximum atomic E-state index is 3.47. The van der Waals surface area contributed by atoms with E-state index in [-0.39, 0.29) is 0 Å². The van der Waals surface area contributed by atoms with E-state index in [1.807, 2.05) is 0 Å². The van der Waals surface area contributed by atoms with Crippen molar-refractivity contribution in [1.29, 1.82) is 0 Å². The van der Waals surface area contributed by atoms with Crippen LogP contribution in [0.4, 0.5) is 0 Å². The largest absolute Gasteiger partial charge is 0.312 e. The van der Waals surface area contributed by atoms with Crippen LogP contribution in [-0.2, 0) is 0 Å². The van der Waals surface area contributed by atoms with Crippen LogP contribution < -0.4 is 5.32 Å². The average Bonchev–Trinajstić information content (AvgIpc) is 2.53. The summed E-state index contributed by atoms with van der Waals surface area (Å²) in [5.41, 5.74) is 2.73. The van der Waals surface area contributed by atoms with E-state index in [0.717, 1.165) is 12.6 Å². The SMILES string of the molecule is CCC(C)N1CCN(CC(NC)c2ccc(C)cc2)CC1. The molecule has 21 heavy (non-hydrogen) atoms. The number of aryl methyl sites for hydroxylation is 1. The predicted molar refractivity (Wildman–Crippen MR) is 90.7 cm³/mol. The molecule has 1 aliphatic rings. The number of rotatable bonds is 6. The quantitative estimate of drug-likeness (QED) is 0.868. The fourth-order valence-corrected chi connectivity index (χ4v) is 3.07. The second-order valence-electron chi connectivity index (χ2n) is 6.35. The van der Waals surface area contributed by atoms with Crippen LogP contribution in [0.3, 0.4) is 0 Å². The van der Waals surface area contributed by atoms with E-state index in [0.29, 0.717) is 6.04 Å². The molecule has 1 aromatic carbocycles. The summed E-state index contributed by atoms with van der Waals surface area (Å²) >= 11 is 0. The summed E-state index contributed by atoms with van der Waals surface area (Å²) in [5, 5.41) is 3.47. The van der Waals surface area contributed by atoms with Crippen molar-refractivity contribution in [2.45, 2.75) is 39.3 Å². The molecule has 0 aromatic heterocycles. The van der Waals surface area contributed by atoms with Gasteiger partial charge in [-0.05, 0) is 32.9 Å². The summed E-state index contributed by atoms with van der Waals surface area (Å²) in [6, 6.07) is 10.1. The molecule has 2 rings (SSSR count). The van der Waals surface area contributed by atoms with E-state index in [1.165, 1.54) is 43.7 Å². The first-order valence-electron chi connectivity index (χ1n) is 8.34. The van der Waals surface area contributed by atoms with Gasteiger partial charge in [-0.1, -0.05) is 36.8 Å². The number of likely N-dealkylation sites (N-methyl/N-ethyl adjacent to an activating group) is 1. The van der Waals surface area contributed by atoms with Crippen molar-refractivity contribution in [3.63, 3.8) is 0 Å². The molecule has 2 atom stereocenters. The van der Waals surface area contributed by atoms with Crippen molar-refractivity contribution < 1.29 is 0 Å². The molecule has 0 bridgehead atoms. The second kappa shape index (κ2) is 7.92. The van der Waals surface area contributed by atoms with Crippen LogP contribution in [0.1, 0.15) is 37.4 Å². The van der Waals surface area contributed by atoms with E-state index in [4.69, 9.17) is 0 Å².